The number of aromatic carboxylic acids is 1. The summed E-state index contributed by atoms with van der Waals surface area (Å²) in [5.41, 5.74) is 0.792. The molecule has 7 heteroatoms. The van der Waals surface area contributed by atoms with Crippen molar-refractivity contribution in [2.24, 2.45) is 0 Å². The molecule has 0 spiro atoms. The Morgan fingerprint density at radius 3 is 2.55 bits per heavy atom. The van der Waals surface area contributed by atoms with Crippen LogP contribution in [-0.4, -0.2) is 22.0 Å². The van der Waals surface area contributed by atoms with Gasteiger partial charge in [-0.2, -0.15) is 0 Å². The zero-order valence-electron chi connectivity index (χ0n) is 9.93. The summed E-state index contributed by atoms with van der Waals surface area (Å²) in [6, 6.07) is 7.37. The maximum atomic E-state index is 11.9. The summed E-state index contributed by atoms with van der Waals surface area (Å²) in [6.45, 7) is 0. The molecular formula is C13H8BrClN2O3. The molecule has 0 saturated carbocycles. The molecule has 2 rings (SSSR count). The van der Waals surface area contributed by atoms with Gasteiger partial charge in [0.25, 0.3) is 5.91 Å². The van der Waals surface area contributed by atoms with E-state index in [0.29, 0.717) is 15.2 Å². The summed E-state index contributed by atoms with van der Waals surface area (Å²) < 4.78 is 0.472. The maximum Gasteiger partial charge on any atom is 0.335 e. The number of benzene rings is 1. The smallest absolute Gasteiger partial charge is 0.335 e. The van der Waals surface area contributed by atoms with Crippen LogP contribution in [0.4, 0.5) is 5.69 Å². The van der Waals surface area contributed by atoms with Crippen LogP contribution in [0.3, 0.4) is 0 Å². The summed E-state index contributed by atoms with van der Waals surface area (Å²) in [7, 11) is 0. The number of anilines is 1. The normalized spacial score (nSPS) is 10.1. The Bertz CT molecular complexity index is 674. The van der Waals surface area contributed by atoms with Crippen molar-refractivity contribution in [3.05, 3.63) is 57.3 Å². The first kappa shape index (κ1) is 14.5. The standard InChI is InChI=1S/C13H8BrClN2O3/c14-9-5-7(13(19)20)1-3-10(9)17-12(18)11-4-2-8(15)6-16-11/h1-6H,(H,17,18)(H,19,20). The fourth-order valence-corrected chi connectivity index (χ4v) is 2.04. The van der Waals surface area contributed by atoms with Crippen LogP contribution in [0.5, 0.6) is 0 Å². The van der Waals surface area contributed by atoms with Gasteiger partial charge in [0.05, 0.1) is 16.3 Å². The Hall–Kier alpha value is -1.92. The van der Waals surface area contributed by atoms with Crippen molar-refractivity contribution in [1.82, 2.24) is 4.98 Å². The Kier molecular flexibility index (Phi) is 4.36. The van der Waals surface area contributed by atoms with Crippen LogP contribution in [-0.2, 0) is 0 Å². The number of aromatic nitrogens is 1. The first-order valence-electron chi connectivity index (χ1n) is 5.43. The van der Waals surface area contributed by atoms with Gasteiger partial charge in [-0.25, -0.2) is 9.78 Å². The number of rotatable bonds is 3. The number of hydrogen-bond acceptors (Lipinski definition) is 3. The summed E-state index contributed by atoms with van der Waals surface area (Å²) >= 11 is 8.90. The number of hydrogen-bond donors (Lipinski definition) is 2. The highest BCUT2D eigenvalue weighted by Gasteiger charge is 2.11. The van der Waals surface area contributed by atoms with Gasteiger partial charge in [0.2, 0.25) is 0 Å². The molecule has 0 aliphatic rings. The average Bonchev–Trinajstić information content (AvgIpc) is 2.41. The van der Waals surface area contributed by atoms with Crippen LogP contribution in [0.1, 0.15) is 20.8 Å². The van der Waals surface area contributed by atoms with E-state index < -0.39 is 11.9 Å². The summed E-state index contributed by atoms with van der Waals surface area (Å²) in [5.74, 6) is -1.45. The van der Waals surface area contributed by atoms with Crippen molar-refractivity contribution in [2.75, 3.05) is 5.32 Å². The lowest BCUT2D eigenvalue weighted by atomic mass is 10.2. The van der Waals surface area contributed by atoms with Crippen molar-refractivity contribution in [3.63, 3.8) is 0 Å². The van der Waals surface area contributed by atoms with Gasteiger partial charge in [-0.1, -0.05) is 11.6 Å². The van der Waals surface area contributed by atoms with Gasteiger partial charge in [0.15, 0.2) is 0 Å². The molecule has 5 nitrogen and oxygen atoms in total. The minimum atomic E-state index is -1.04. The number of carboxylic acid groups (broad SMARTS) is 1. The second-order valence-corrected chi connectivity index (χ2v) is 5.11. The van der Waals surface area contributed by atoms with Gasteiger partial charge in [-0.05, 0) is 46.3 Å². The first-order valence-corrected chi connectivity index (χ1v) is 6.60. The van der Waals surface area contributed by atoms with Crippen molar-refractivity contribution in [2.45, 2.75) is 0 Å². The second kappa shape index (κ2) is 6.02. The van der Waals surface area contributed by atoms with E-state index in [4.69, 9.17) is 16.7 Å². The van der Waals surface area contributed by atoms with Crippen LogP contribution >= 0.6 is 27.5 Å². The molecule has 0 aliphatic carbocycles. The van der Waals surface area contributed by atoms with Crippen LogP contribution in [0.15, 0.2) is 41.0 Å². The molecule has 1 aromatic heterocycles. The topological polar surface area (TPSA) is 79.3 Å². The molecule has 2 aromatic rings. The number of carbonyl (C=O) groups is 2. The Morgan fingerprint density at radius 1 is 1.25 bits per heavy atom. The maximum absolute atomic E-state index is 11.9. The van der Waals surface area contributed by atoms with E-state index in [1.165, 1.54) is 30.5 Å². The lowest BCUT2D eigenvalue weighted by molar-refractivity contribution is 0.0696. The lowest BCUT2D eigenvalue weighted by Gasteiger charge is -2.07. The molecule has 0 aliphatic heterocycles. The van der Waals surface area contributed by atoms with Gasteiger partial charge in [-0.15, -0.1) is 0 Å². The summed E-state index contributed by atoms with van der Waals surface area (Å²) in [4.78, 5) is 26.6. The number of carbonyl (C=O) groups excluding carboxylic acids is 1. The van der Waals surface area contributed by atoms with Crippen molar-refractivity contribution < 1.29 is 14.7 Å². The van der Waals surface area contributed by atoms with Crippen LogP contribution in [0.25, 0.3) is 0 Å². The molecule has 0 saturated heterocycles. The molecule has 1 amide bonds. The lowest BCUT2D eigenvalue weighted by Crippen LogP contribution is -2.14. The van der Waals surface area contributed by atoms with Gasteiger partial charge in [0.1, 0.15) is 5.69 Å². The van der Waals surface area contributed by atoms with E-state index in [1.807, 2.05) is 0 Å². The summed E-state index contributed by atoms with van der Waals surface area (Å²) in [5, 5.41) is 11.9. The highest BCUT2D eigenvalue weighted by atomic mass is 79.9. The van der Waals surface area contributed by atoms with Crippen molar-refractivity contribution in [1.29, 1.82) is 0 Å². The minimum Gasteiger partial charge on any atom is -0.478 e. The fourth-order valence-electron chi connectivity index (χ4n) is 1.45. The third kappa shape index (κ3) is 3.34. The zero-order valence-corrected chi connectivity index (χ0v) is 12.3. The molecular weight excluding hydrogens is 348 g/mol. The van der Waals surface area contributed by atoms with Gasteiger partial charge in [0, 0.05) is 10.7 Å². The molecule has 1 heterocycles. The van der Waals surface area contributed by atoms with E-state index in [0.717, 1.165) is 0 Å². The second-order valence-electron chi connectivity index (χ2n) is 3.82. The number of carboxylic acids is 1. The van der Waals surface area contributed by atoms with E-state index in [-0.39, 0.29) is 11.3 Å². The number of halogens is 2. The fraction of sp³-hybridized carbons (Fsp3) is 0. The molecule has 102 valence electrons. The minimum absolute atomic E-state index is 0.125. The number of nitrogens with zero attached hydrogens (tertiary/aromatic N) is 1. The predicted octanol–water partition coefficient (Wildman–Crippen LogP) is 3.45. The number of amides is 1. The number of pyridine rings is 1. The molecule has 0 radical (unpaired) electrons. The molecule has 1 aromatic carbocycles. The Labute approximate surface area is 127 Å². The van der Waals surface area contributed by atoms with Crippen molar-refractivity contribution >= 4 is 45.1 Å². The van der Waals surface area contributed by atoms with E-state index >= 15 is 0 Å². The highest BCUT2D eigenvalue weighted by molar-refractivity contribution is 9.10. The van der Waals surface area contributed by atoms with Gasteiger partial charge < -0.3 is 10.4 Å². The monoisotopic (exact) mass is 354 g/mol. The largest absolute Gasteiger partial charge is 0.478 e. The molecule has 2 N–H and O–H groups in total. The molecule has 0 bridgehead atoms. The highest BCUT2D eigenvalue weighted by Crippen LogP contribution is 2.24. The van der Waals surface area contributed by atoms with E-state index in [9.17, 15) is 9.59 Å². The number of nitrogens with one attached hydrogen (secondary N) is 1. The zero-order chi connectivity index (χ0) is 14.7. The van der Waals surface area contributed by atoms with Crippen LogP contribution in [0, 0.1) is 0 Å². The third-order valence-electron chi connectivity index (χ3n) is 2.42. The van der Waals surface area contributed by atoms with Crippen LogP contribution < -0.4 is 5.32 Å². The molecule has 20 heavy (non-hydrogen) atoms. The van der Waals surface area contributed by atoms with E-state index in [2.05, 4.69) is 26.2 Å². The molecule has 0 fully saturated rings. The van der Waals surface area contributed by atoms with Crippen molar-refractivity contribution in [3.8, 4) is 0 Å². The first-order chi connectivity index (χ1) is 9.47. The van der Waals surface area contributed by atoms with E-state index in [1.54, 1.807) is 6.07 Å². The van der Waals surface area contributed by atoms with Gasteiger partial charge in [-0.3, -0.25) is 4.79 Å². The summed E-state index contributed by atoms with van der Waals surface area (Å²) in [6.07, 6.45) is 1.37. The third-order valence-corrected chi connectivity index (χ3v) is 3.30. The average molecular weight is 356 g/mol. The molecule has 0 atom stereocenters. The molecule has 0 unspecified atom stereocenters. The quantitative estimate of drug-likeness (QED) is 0.884. The Morgan fingerprint density at radius 2 is 2.00 bits per heavy atom. The SMILES string of the molecule is O=C(O)c1ccc(NC(=O)c2ccc(Cl)cn2)c(Br)c1. The van der Waals surface area contributed by atoms with Gasteiger partial charge >= 0.3 is 5.97 Å². The Balaban J connectivity index is 2.19. The van der Waals surface area contributed by atoms with Crippen LogP contribution in [0.2, 0.25) is 5.02 Å². The predicted molar refractivity (Wildman–Crippen MR) is 78.3 cm³/mol.